The molecule has 114 valence electrons. The fourth-order valence-electron chi connectivity index (χ4n) is 2.64. The van der Waals surface area contributed by atoms with Crippen molar-refractivity contribution in [1.82, 2.24) is 10.6 Å². The Kier molecular flexibility index (Phi) is 9.40. The molecule has 19 heavy (non-hydrogen) atoms. The van der Waals surface area contributed by atoms with Crippen LogP contribution in [0.3, 0.4) is 0 Å². The third-order valence-electron chi connectivity index (χ3n) is 3.93. The van der Waals surface area contributed by atoms with E-state index in [0.717, 1.165) is 45.2 Å². The van der Waals surface area contributed by atoms with Crippen LogP contribution in [0.1, 0.15) is 46.0 Å². The Labute approximate surface area is 123 Å². The molecule has 0 saturated carbocycles. The molecule has 1 saturated heterocycles. The largest absolute Gasteiger partial charge is 0.396 e. The number of halogens is 1. The topological polar surface area (TPSA) is 61.4 Å². The lowest BCUT2D eigenvalue weighted by Crippen LogP contribution is -2.49. The average Bonchev–Trinajstić information content (AvgIpc) is 2.37. The number of rotatable bonds is 7. The molecule has 0 aromatic carbocycles. The minimum Gasteiger partial charge on any atom is -0.396 e. The molecule has 1 amide bonds. The van der Waals surface area contributed by atoms with Gasteiger partial charge in [-0.3, -0.25) is 4.79 Å². The predicted molar refractivity (Wildman–Crippen MR) is 80.6 cm³/mol. The number of nitrogens with one attached hydrogen (secondary N) is 2. The summed E-state index contributed by atoms with van der Waals surface area (Å²) in [6, 6.07) is 0. The first-order valence-corrected chi connectivity index (χ1v) is 7.22. The molecule has 5 heteroatoms. The summed E-state index contributed by atoms with van der Waals surface area (Å²) in [5.74, 6) is 0.567. The van der Waals surface area contributed by atoms with Crippen molar-refractivity contribution >= 4 is 18.3 Å². The smallest absolute Gasteiger partial charge is 0.227 e. The van der Waals surface area contributed by atoms with Gasteiger partial charge in [-0.25, -0.2) is 0 Å². The molecule has 0 aliphatic carbocycles. The fraction of sp³-hybridized carbons (Fsp3) is 0.929. The molecule has 0 aromatic heterocycles. The summed E-state index contributed by atoms with van der Waals surface area (Å²) in [5.41, 5.74) is -0.256. The van der Waals surface area contributed by atoms with Crippen LogP contribution in [-0.4, -0.2) is 37.3 Å². The van der Waals surface area contributed by atoms with E-state index in [1.165, 1.54) is 0 Å². The van der Waals surface area contributed by atoms with Gasteiger partial charge >= 0.3 is 0 Å². The zero-order valence-corrected chi connectivity index (χ0v) is 13.0. The second-order valence-corrected chi connectivity index (χ2v) is 5.72. The molecular weight excluding hydrogens is 264 g/mol. The summed E-state index contributed by atoms with van der Waals surface area (Å²) in [5, 5.41) is 15.4. The van der Waals surface area contributed by atoms with Crippen molar-refractivity contribution < 1.29 is 9.90 Å². The molecule has 1 aliphatic rings. The van der Waals surface area contributed by atoms with Gasteiger partial charge in [0.1, 0.15) is 0 Å². The van der Waals surface area contributed by atoms with E-state index in [-0.39, 0.29) is 30.3 Å². The van der Waals surface area contributed by atoms with Crippen molar-refractivity contribution in [2.75, 3.05) is 26.2 Å². The first kappa shape index (κ1) is 18.7. The minimum absolute atomic E-state index is 0. The molecule has 1 heterocycles. The summed E-state index contributed by atoms with van der Waals surface area (Å²) in [7, 11) is 0. The molecule has 0 radical (unpaired) electrons. The number of piperidine rings is 1. The fourth-order valence-corrected chi connectivity index (χ4v) is 2.64. The molecule has 3 N–H and O–H groups in total. The lowest BCUT2D eigenvalue weighted by atomic mass is 9.82. The van der Waals surface area contributed by atoms with Gasteiger partial charge in [0.05, 0.1) is 5.41 Å². The second kappa shape index (κ2) is 9.56. The van der Waals surface area contributed by atoms with Gasteiger partial charge in [-0.15, -0.1) is 12.4 Å². The molecule has 2 atom stereocenters. The molecule has 0 bridgehead atoms. The standard InChI is InChI=1S/C14H28N2O2.ClH/c1-3-5-12(6-9-17)10-16-13(18)14(2)7-4-8-15-11-14;/h12,15,17H,3-11H2,1-2H3,(H,16,18);1H. The summed E-state index contributed by atoms with van der Waals surface area (Å²) >= 11 is 0. The second-order valence-electron chi connectivity index (χ2n) is 5.72. The van der Waals surface area contributed by atoms with Crippen LogP contribution in [0.4, 0.5) is 0 Å². The molecule has 0 spiro atoms. The summed E-state index contributed by atoms with van der Waals surface area (Å²) in [4.78, 5) is 12.2. The highest BCUT2D eigenvalue weighted by atomic mass is 35.5. The van der Waals surface area contributed by atoms with E-state index in [2.05, 4.69) is 17.6 Å². The van der Waals surface area contributed by atoms with E-state index in [1.54, 1.807) is 0 Å². The highest BCUT2D eigenvalue weighted by molar-refractivity contribution is 5.85. The van der Waals surface area contributed by atoms with Gasteiger partial charge in [0.25, 0.3) is 0 Å². The third kappa shape index (κ3) is 6.11. The van der Waals surface area contributed by atoms with Crippen LogP contribution in [0.2, 0.25) is 0 Å². The maximum Gasteiger partial charge on any atom is 0.227 e. The number of aliphatic hydroxyl groups is 1. The van der Waals surface area contributed by atoms with Crippen molar-refractivity contribution in [3.05, 3.63) is 0 Å². The van der Waals surface area contributed by atoms with Crippen molar-refractivity contribution in [1.29, 1.82) is 0 Å². The van der Waals surface area contributed by atoms with Gasteiger partial charge in [0.2, 0.25) is 5.91 Å². The van der Waals surface area contributed by atoms with E-state index in [1.807, 2.05) is 6.92 Å². The highest BCUT2D eigenvalue weighted by Gasteiger charge is 2.34. The van der Waals surface area contributed by atoms with Crippen molar-refractivity contribution in [3.63, 3.8) is 0 Å². The maximum atomic E-state index is 12.2. The average molecular weight is 293 g/mol. The monoisotopic (exact) mass is 292 g/mol. The Morgan fingerprint density at radius 2 is 2.21 bits per heavy atom. The molecule has 0 aromatic rings. The molecule has 1 rings (SSSR count). The van der Waals surface area contributed by atoms with Gasteiger partial charge in [-0.2, -0.15) is 0 Å². The number of hydrogen-bond donors (Lipinski definition) is 3. The Hall–Kier alpha value is -0.320. The van der Waals surface area contributed by atoms with Gasteiger partial charge in [0, 0.05) is 19.7 Å². The molecule has 1 aliphatic heterocycles. The highest BCUT2D eigenvalue weighted by Crippen LogP contribution is 2.25. The minimum atomic E-state index is -0.256. The number of carbonyl (C=O) groups is 1. The van der Waals surface area contributed by atoms with Crippen molar-refractivity contribution in [3.8, 4) is 0 Å². The van der Waals surface area contributed by atoms with Crippen LogP contribution in [0.25, 0.3) is 0 Å². The van der Waals surface area contributed by atoms with Gasteiger partial charge < -0.3 is 15.7 Å². The molecule has 2 unspecified atom stereocenters. The maximum absolute atomic E-state index is 12.2. The summed E-state index contributed by atoms with van der Waals surface area (Å²) in [6.07, 6.45) is 4.97. The predicted octanol–water partition coefficient (Wildman–Crippen LogP) is 1.71. The van der Waals surface area contributed by atoms with E-state index in [0.29, 0.717) is 12.5 Å². The number of carbonyl (C=O) groups excluding carboxylic acids is 1. The van der Waals surface area contributed by atoms with E-state index in [4.69, 9.17) is 5.11 Å². The van der Waals surface area contributed by atoms with E-state index >= 15 is 0 Å². The SMILES string of the molecule is CCCC(CCO)CNC(=O)C1(C)CCCNC1.Cl. The van der Waals surface area contributed by atoms with Crippen molar-refractivity contribution in [2.24, 2.45) is 11.3 Å². The van der Waals surface area contributed by atoms with Crippen LogP contribution in [0.5, 0.6) is 0 Å². The molecule has 4 nitrogen and oxygen atoms in total. The normalized spacial score (nSPS) is 24.4. The number of hydrogen-bond acceptors (Lipinski definition) is 3. The quantitative estimate of drug-likeness (QED) is 0.669. The lowest BCUT2D eigenvalue weighted by molar-refractivity contribution is -0.131. The van der Waals surface area contributed by atoms with E-state index < -0.39 is 0 Å². The zero-order valence-electron chi connectivity index (χ0n) is 12.2. The van der Waals surface area contributed by atoms with E-state index in [9.17, 15) is 4.79 Å². The summed E-state index contributed by atoms with van der Waals surface area (Å²) < 4.78 is 0. The zero-order chi connectivity index (χ0) is 13.4. The number of aliphatic hydroxyl groups excluding tert-OH is 1. The van der Waals surface area contributed by atoms with Crippen LogP contribution < -0.4 is 10.6 Å². The Balaban J connectivity index is 0.00000324. The lowest BCUT2D eigenvalue weighted by Gasteiger charge is -2.33. The molecular formula is C14H29ClN2O2. The van der Waals surface area contributed by atoms with Crippen LogP contribution in [0, 0.1) is 11.3 Å². The van der Waals surface area contributed by atoms with Gasteiger partial charge in [0.15, 0.2) is 0 Å². The first-order chi connectivity index (χ1) is 8.62. The van der Waals surface area contributed by atoms with Crippen molar-refractivity contribution in [2.45, 2.75) is 46.0 Å². The van der Waals surface area contributed by atoms with Crippen LogP contribution in [0.15, 0.2) is 0 Å². The van der Waals surface area contributed by atoms with Crippen LogP contribution in [-0.2, 0) is 4.79 Å². The Morgan fingerprint density at radius 1 is 1.47 bits per heavy atom. The van der Waals surface area contributed by atoms with Crippen LogP contribution >= 0.6 is 12.4 Å². The first-order valence-electron chi connectivity index (χ1n) is 7.22. The van der Waals surface area contributed by atoms with Gasteiger partial charge in [-0.05, 0) is 45.1 Å². The number of amides is 1. The Morgan fingerprint density at radius 3 is 2.74 bits per heavy atom. The van der Waals surface area contributed by atoms with Gasteiger partial charge in [-0.1, -0.05) is 13.3 Å². The molecule has 1 fully saturated rings. The Bertz CT molecular complexity index is 250. The third-order valence-corrected chi connectivity index (χ3v) is 3.93. The summed E-state index contributed by atoms with van der Waals surface area (Å²) in [6.45, 7) is 6.87.